The van der Waals surface area contributed by atoms with Crippen LogP contribution in [-0.2, 0) is 4.74 Å². The van der Waals surface area contributed by atoms with E-state index in [0.29, 0.717) is 11.3 Å². The molecule has 3 rings (SSSR count). The average molecular weight is 323 g/mol. The number of para-hydroxylation sites is 1. The monoisotopic (exact) mass is 323 g/mol. The van der Waals surface area contributed by atoms with Crippen LogP contribution in [0.15, 0.2) is 36.7 Å². The standard InChI is InChI=1S/C18H17N3O3/c1-10-8-20-15(9-19-10)18(23)24-12(3)17(22)16-11(2)21-14-7-5-4-6-13(14)16/h4-9,12,21H,1-3H3/t12-/m0/s1. The number of benzene rings is 1. The Kier molecular flexibility index (Phi) is 4.12. The average Bonchev–Trinajstić information content (AvgIpc) is 2.90. The summed E-state index contributed by atoms with van der Waals surface area (Å²) in [7, 11) is 0. The highest BCUT2D eigenvalue weighted by molar-refractivity contribution is 6.11. The van der Waals surface area contributed by atoms with Crippen LogP contribution in [0.5, 0.6) is 0 Å². The van der Waals surface area contributed by atoms with Crippen molar-refractivity contribution in [1.82, 2.24) is 15.0 Å². The lowest BCUT2D eigenvalue weighted by Crippen LogP contribution is -2.25. The largest absolute Gasteiger partial charge is 0.449 e. The minimum Gasteiger partial charge on any atom is -0.449 e. The first-order valence-corrected chi connectivity index (χ1v) is 7.58. The molecule has 0 saturated carbocycles. The molecule has 0 amide bonds. The molecule has 0 saturated heterocycles. The van der Waals surface area contributed by atoms with Gasteiger partial charge in [0.05, 0.1) is 11.9 Å². The molecule has 0 fully saturated rings. The summed E-state index contributed by atoms with van der Waals surface area (Å²) in [6, 6.07) is 7.53. The number of rotatable bonds is 4. The van der Waals surface area contributed by atoms with Crippen molar-refractivity contribution in [2.24, 2.45) is 0 Å². The van der Waals surface area contributed by atoms with Gasteiger partial charge in [-0.05, 0) is 26.8 Å². The maximum absolute atomic E-state index is 12.7. The fourth-order valence-corrected chi connectivity index (χ4v) is 2.57. The highest BCUT2D eigenvalue weighted by atomic mass is 16.5. The van der Waals surface area contributed by atoms with Crippen molar-refractivity contribution < 1.29 is 14.3 Å². The number of hydrogen-bond acceptors (Lipinski definition) is 5. The Bertz CT molecular complexity index is 913. The number of esters is 1. The van der Waals surface area contributed by atoms with Crippen molar-refractivity contribution in [3.05, 3.63) is 59.3 Å². The van der Waals surface area contributed by atoms with Gasteiger partial charge in [0, 0.05) is 28.4 Å². The summed E-state index contributed by atoms with van der Waals surface area (Å²) in [5.41, 5.74) is 2.95. The summed E-state index contributed by atoms with van der Waals surface area (Å²) in [6.07, 6.45) is 1.90. The second kappa shape index (κ2) is 6.23. The molecule has 3 aromatic rings. The number of aromatic amines is 1. The van der Waals surface area contributed by atoms with E-state index in [1.54, 1.807) is 13.8 Å². The Morgan fingerprint density at radius 2 is 1.88 bits per heavy atom. The summed E-state index contributed by atoms with van der Waals surface area (Å²) in [6.45, 7) is 5.16. The topological polar surface area (TPSA) is 84.9 Å². The van der Waals surface area contributed by atoms with Gasteiger partial charge in [0.25, 0.3) is 0 Å². The summed E-state index contributed by atoms with van der Waals surface area (Å²) in [5.74, 6) is -0.917. The minimum atomic E-state index is -0.918. The number of H-pyrrole nitrogens is 1. The predicted octanol–water partition coefficient (Wildman–Crippen LogP) is 3.00. The molecule has 6 nitrogen and oxygen atoms in total. The third-order valence-electron chi connectivity index (χ3n) is 3.78. The molecule has 0 aliphatic carbocycles. The maximum atomic E-state index is 12.7. The summed E-state index contributed by atoms with van der Waals surface area (Å²) < 4.78 is 5.26. The molecule has 0 bridgehead atoms. The molecule has 1 N–H and O–H groups in total. The van der Waals surface area contributed by atoms with Crippen molar-refractivity contribution in [1.29, 1.82) is 0 Å². The van der Waals surface area contributed by atoms with Gasteiger partial charge in [0.1, 0.15) is 0 Å². The van der Waals surface area contributed by atoms with Crippen LogP contribution in [-0.4, -0.2) is 32.8 Å². The molecule has 1 atom stereocenters. The van der Waals surface area contributed by atoms with Crippen LogP contribution in [0, 0.1) is 13.8 Å². The summed E-state index contributed by atoms with van der Waals surface area (Å²) in [4.78, 5) is 36.0. The number of fused-ring (bicyclic) bond motifs is 1. The first-order valence-electron chi connectivity index (χ1n) is 7.58. The van der Waals surface area contributed by atoms with Crippen LogP contribution >= 0.6 is 0 Å². The van der Waals surface area contributed by atoms with Gasteiger partial charge in [0.2, 0.25) is 5.78 Å². The second-order valence-corrected chi connectivity index (χ2v) is 5.63. The van der Waals surface area contributed by atoms with Crippen molar-refractivity contribution in [3.63, 3.8) is 0 Å². The summed E-state index contributed by atoms with van der Waals surface area (Å²) >= 11 is 0. The van der Waals surface area contributed by atoms with E-state index in [1.807, 2.05) is 31.2 Å². The Balaban J connectivity index is 1.82. The van der Waals surface area contributed by atoms with Gasteiger partial charge in [0.15, 0.2) is 11.8 Å². The highest BCUT2D eigenvalue weighted by Gasteiger charge is 2.25. The lowest BCUT2D eigenvalue weighted by Gasteiger charge is -2.12. The quantitative estimate of drug-likeness (QED) is 0.589. The Labute approximate surface area is 138 Å². The van der Waals surface area contributed by atoms with E-state index in [-0.39, 0.29) is 11.5 Å². The van der Waals surface area contributed by atoms with Crippen LogP contribution < -0.4 is 0 Å². The molecule has 24 heavy (non-hydrogen) atoms. The van der Waals surface area contributed by atoms with E-state index < -0.39 is 12.1 Å². The normalized spacial score (nSPS) is 12.1. The van der Waals surface area contributed by atoms with E-state index >= 15 is 0 Å². The first-order chi connectivity index (χ1) is 11.5. The molecule has 0 unspecified atom stereocenters. The number of aryl methyl sites for hydroxylation is 2. The van der Waals surface area contributed by atoms with Crippen LogP contribution in [0.3, 0.4) is 0 Å². The fourth-order valence-electron chi connectivity index (χ4n) is 2.57. The van der Waals surface area contributed by atoms with Gasteiger partial charge in [-0.2, -0.15) is 0 Å². The minimum absolute atomic E-state index is 0.0795. The molecular formula is C18H17N3O3. The van der Waals surface area contributed by atoms with Crippen LogP contribution in [0.4, 0.5) is 0 Å². The number of nitrogens with zero attached hydrogens (tertiary/aromatic N) is 2. The zero-order chi connectivity index (χ0) is 17.3. The second-order valence-electron chi connectivity index (χ2n) is 5.63. The maximum Gasteiger partial charge on any atom is 0.359 e. The van der Waals surface area contributed by atoms with Crippen LogP contribution in [0.25, 0.3) is 10.9 Å². The molecule has 1 aromatic carbocycles. The molecule has 122 valence electrons. The Morgan fingerprint density at radius 3 is 2.58 bits per heavy atom. The van der Waals surface area contributed by atoms with Gasteiger partial charge >= 0.3 is 5.97 Å². The zero-order valence-electron chi connectivity index (χ0n) is 13.7. The molecule has 0 spiro atoms. The highest BCUT2D eigenvalue weighted by Crippen LogP contribution is 2.24. The van der Waals surface area contributed by atoms with Crippen molar-refractivity contribution in [2.75, 3.05) is 0 Å². The molecule has 0 aliphatic rings. The van der Waals surface area contributed by atoms with Gasteiger partial charge in [-0.15, -0.1) is 0 Å². The molecular weight excluding hydrogens is 306 g/mol. The molecule has 2 aromatic heterocycles. The first kappa shape index (κ1) is 15.9. The van der Waals surface area contributed by atoms with Crippen LogP contribution in [0.2, 0.25) is 0 Å². The van der Waals surface area contributed by atoms with E-state index in [9.17, 15) is 9.59 Å². The smallest absolute Gasteiger partial charge is 0.359 e. The van der Waals surface area contributed by atoms with E-state index in [0.717, 1.165) is 16.6 Å². The lowest BCUT2D eigenvalue weighted by atomic mass is 10.0. The van der Waals surface area contributed by atoms with Crippen molar-refractivity contribution >= 4 is 22.7 Å². The number of ketones is 1. The number of carbonyl (C=O) groups is 2. The Hall–Kier alpha value is -3.02. The van der Waals surface area contributed by atoms with Gasteiger partial charge in [-0.25, -0.2) is 9.78 Å². The fraction of sp³-hybridized carbons (Fsp3) is 0.222. The third-order valence-corrected chi connectivity index (χ3v) is 3.78. The van der Waals surface area contributed by atoms with E-state index in [1.165, 1.54) is 12.4 Å². The number of aromatic nitrogens is 3. The molecule has 6 heteroatoms. The zero-order valence-corrected chi connectivity index (χ0v) is 13.7. The molecule has 0 aliphatic heterocycles. The van der Waals surface area contributed by atoms with Gasteiger partial charge in [-0.1, -0.05) is 18.2 Å². The Morgan fingerprint density at radius 1 is 1.12 bits per heavy atom. The molecule has 0 radical (unpaired) electrons. The number of Topliss-reactive ketones (excluding diaryl/α,β-unsaturated/α-hetero) is 1. The van der Waals surface area contributed by atoms with Gasteiger partial charge in [-0.3, -0.25) is 9.78 Å². The SMILES string of the molecule is Cc1cnc(C(=O)O[C@@H](C)C(=O)c2c(C)[nH]c3ccccc23)cn1. The number of ether oxygens (including phenoxy) is 1. The summed E-state index contributed by atoms with van der Waals surface area (Å²) in [5, 5.41) is 0.818. The predicted molar refractivity (Wildman–Crippen MR) is 89.0 cm³/mol. The number of nitrogens with one attached hydrogen (secondary N) is 1. The van der Waals surface area contributed by atoms with Crippen LogP contribution in [0.1, 0.15) is 39.2 Å². The lowest BCUT2D eigenvalue weighted by molar-refractivity contribution is 0.0313. The van der Waals surface area contributed by atoms with E-state index in [4.69, 9.17) is 4.74 Å². The molecule has 2 heterocycles. The van der Waals surface area contributed by atoms with Gasteiger partial charge < -0.3 is 9.72 Å². The number of carbonyl (C=O) groups excluding carboxylic acids is 2. The third kappa shape index (κ3) is 2.90. The number of hydrogen-bond donors (Lipinski definition) is 1. The van der Waals surface area contributed by atoms with Crippen molar-refractivity contribution in [3.8, 4) is 0 Å². The van der Waals surface area contributed by atoms with E-state index in [2.05, 4.69) is 15.0 Å². The van der Waals surface area contributed by atoms with Crippen molar-refractivity contribution in [2.45, 2.75) is 26.9 Å².